The largest absolute Gasteiger partial charge is 0.397 e. The van der Waals surface area contributed by atoms with Crippen LogP contribution in [0.2, 0.25) is 0 Å². The van der Waals surface area contributed by atoms with Gasteiger partial charge in [-0.05, 0) is 36.8 Å². The average molecular weight is 241 g/mol. The van der Waals surface area contributed by atoms with Gasteiger partial charge in [-0.15, -0.1) is 0 Å². The molecule has 2 aromatic rings. The first kappa shape index (κ1) is 11.9. The fourth-order valence-electron chi connectivity index (χ4n) is 1.63. The topological polar surface area (TPSA) is 61.8 Å². The molecule has 0 aromatic heterocycles. The van der Waals surface area contributed by atoms with Crippen LogP contribution in [-0.2, 0) is 0 Å². The maximum atomic E-state index is 13.6. The second-order valence-corrected chi connectivity index (χ2v) is 3.97. The summed E-state index contributed by atoms with van der Waals surface area (Å²) in [6.07, 6.45) is 0. The van der Waals surface area contributed by atoms with Crippen LogP contribution in [0.5, 0.6) is 0 Å². The van der Waals surface area contributed by atoms with Gasteiger partial charge in [-0.2, -0.15) is 5.26 Å². The molecule has 0 amide bonds. The van der Waals surface area contributed by atoms with E-state index in [0.717, 1.165) is 5.56 Å². The smallest absolute Gasteiger partial charge is 0.148 e. The number of nitriles is 1. The van der Waals surface area contributed by atoms with Crippen molar-refractivity contribution in [1.82, 2.24) is 0 Å². The first-order valence-electron chi connectivity index (χ1n) is 5.43. The Morgan fingerprint density at radius 3 is 2.72 bits per heavy atom. The van der Waals surface area contributed by atoms with Crippen molar-refractivity contribution in [3.8, 4) is 6.07 Å². The first-order valence-corrected chi connectivity index (χ1v) is 5.43. The zero-order valence-corrected chi connectivity index (χ0v) is 9.87. The number of nitrogens with one attached hydrogen (secondary N) is 1. The summed E-state index contributed by atoms with van der Waals surface area (Å²) in [6.45, 7) is 1.88. The van der Waals surface area contributed by atoms with Crippen LogP contribution in [0.25, 0.3) is 0 Å². The van der Waals surface area contributed by atoms with Crippen molar-refractivity contribution in [1.29, 1.82) is 5.26 Å². The molecule has 0 aliphatic rings. The van der Waals surface area contributed by atoms with Gasteiger partial charge in [0.05, 0.1) is 23.0 Å². The molecular weight excluding hydrogens is 229 g/mol. The minimum atomic E-state index is -0.420. The van der Waals surface area contributed by atoms with Crippen LogP contribution in [-0.4, -0.2) is 0 Å². The predicted molar refractivity (Wildman–Crippen MR) is 70.0 cm³/mol. The third kappa shape index (κ3) is 2.25. The van der Waals surface area contributed by atoms with E-state index in [9.17, 15) is 4.39 Å². The summed E-state index contributed by atoms with van der Waals surface area (Å²) >= 11 is 0. The molecule has 18 heavy (non-hydrogen) atoms. The summed E-state index contributed by atoms with van der Waals surface area (Å²) in [7, 11) is 0. The normalized spacial score (nSPS) is 9.83. The number of hydrogen-bond acceptors (Lipinski definition) is 3. The molecule has 0 unspecified atom stereocenters. The predicted octanol–water partition coefficient (Wildman–Crippen LogP) is 3.33. The van der Waals surface area contributed by atoms with Crippen molar-refractivity contribution in [2.75, 3.05) is 11.1 Å². The Hall–Kier alpha value is -2.54. The number of aryl methyl sites for hydroxylation is 1. The van der Waals surface area contributed by atoms with E-state index in [1.807, 2.05) is 13.0 Å². The van der Waals surface area contributed by atoms with Gasteiger partial charge in [0.15, 0.2) is 0 Å². The van der Waals surface area contributed by atoms with Gasteiger partial charge in [0, 0.05) is 5.69 Å². The molecule has 0 saturated heterocycles. The van der Waals surface area contributed by atoms with Crippen LogP contribution in [0, 0.1) is 24.1 Å². The molecule has 0 saturated carbocycles. The summed E-state index contributed by atoms with van der Waals surface area (Å²) in [5, 5.41) is 11.8. The highest BCUT2D eigenvalue weighted by Crippen LogP contribution is 2.28. The Labute approximate surface area is 105 Å². The van der Waals surface area contributed by atoms with Gasteiger partial charge in [0.1, 0.15) is 5.82 Å². The summed E-state index contributed by atoms with van der Waals surface area (Å²) in [6, 6.07) is 11.7. The summed E-state index contributed by atoms with van der Waals surface area (Å²) in [5.74, 6) is -0.420. The molecule has 2 aromatic carbocycles. The molecule has 0 atom stereocenters. The molecule has 0 fully saturated rings. The van der Waals surface area contributed by atoms with Crippen molar-refractivity contribution in [2.45, 2.75) is 6.92 Å². The Morgan fingerprint density at radius 1 is 1.28 bits per heavy atom. The molecule has 0 aliphatic heterocycles. The quantitative estimate of drug-likeness (QED) is 0.793. The van der Waals surface area contributed by atoms with Crippen LogP contribution < -0.4 is 11.1 Å². The Balaban J connectivity index is 2.43. The molecule has 0 spiro atoms. The van der Waals surface area contributed by atoms with Crippen molar-refractivity contribution >= 4 is 17.1 Å². The molecule has 3 N–H and O–H groups in total. The lowest BCUT2D eigenvalue weighted by atomic mass is 10.1. The fourth-order valence-corrected chi connectivity index (χ4v) is 1.63. The number of nitrogen functional groups attached to an aromatic ring is 1. The second kappa shape index (κ2) is 4.76. The minimum absolute atomic E-state index is 0.232. The number of benzene rings is 2. The number of hydrogen-bond donors (Lipinski definition) is 2. The lowest BCUT2D eigenvalue weighted by Gasteiger charge is -2.12. The van der Waals surface area contributed by atoms with E-state index >= 15 is 0 Å². The Bertz CT molecular complexity index is 609. The second-order valence-electron chi connectivity index (χ2n) is 3.97. The van der Waals surface area contributed by atoms with Crippen molar-refractivity contribution in [3.63, 3.8) is 0 Å². The van der Waals surface area contributed by atoms with Gasteiger partial charge in [-0.3, -0.25) is 0 Å². The molecule has 0 aliphatic carbocycles. The van der Waals surface area contributed by atoms with E-state index in [4.69, 9.17) is 11.0 Å². The van der Waals surface area contributed by atoms with E-state index in [1.165, 1.54) is 6.07 Å². The standard InChI is InChI=1S/C14H12FN3/c1-9-5-6-10(8-16)7-13(9)18-14-11(15)3-2-4-12(14)17/h2-7,18H,17H2,1H3. The molecule has 3 nitrogen and oxygen atoms in total. The van der Waals surface area contributed by atoms with Crippen LogP contribution in [0.4, 0.5) is 21.5 Å². The number of halogens is 1. The van der Waals surface area contributed by atoms with Crippen LogP contribution in [0.3, 0.4) is 0 Å². The zero-order valence-electron chi connectivity index (χ0n) is 9.87. The zero-order chi connectivity index (χ0) is 13.1. The average Bonchev–Trinajstić information content (AvgIpc) is 2.36. The number of anilines is 3. The lowest BCUT2D eigenvalue weighted by molar-refractivity contribution is 0.632. The minimum Gasteiger partial charge on any atom is -0.397 e. The van der Waals surface area contributed by atoms with Gasteiger partial charge >= 0.3 is 0 Å². The SMILES string of the molecule is Cc1ccc(C#N)cc1Nc1c(N)cccc1F. The maximum absolute atomic E-state index is 13.6. The fraction of sp³-hybridized carbons (Fsp3) is 0.0714. The van der Waals surface area contributed by atoms with E-state index < -0.39 is 5.82 Å². The highest BCUT2D eigenvalue weighted by molar-refractivity contribution is 5.74. The molecule has 0 bridgehead atoms. The van der Waals surface area contributed by atoms with Crippen molar-refractivity contribution in [2.24, 2.45) is 0 Å². The number of nitrogens with zero attached hydrogens (tertiary/aromatic N) is 1. The first-order chi connectivity index (χ1) is 8.61. The lowest BCUT2D eigenvalue weighted by Crippen LogP contribution is -2.00. The van der Waals surface area contributed by atoms with Gasteiger partial charge in [0.25, 0.3) is 0 Å². The molecule has 4 heteroatoms. The molecule has 2 rings (SSSR count). The Morgan fingerprint density at radius 2 is 2.06 bits per heavy atom. The molecule has 0 radical (unpaired) electrons. The molecular formula is C14H12FN3. The van der Waals surface area contributed by atoms with Crippen molar-refractivity contribution < 1.29 is 4.39 Å². The van der Waals surface area contributed by atoms with E-state index in [2.05, 4.69) is 5.32 Å². The van der Waals surface area contributed by atoms with Gasteiger partial charge in [-0.25, -0.2) is 4.39 Å². The highest BCUT2D eigenvalue weighted by Gasteiger charge is 2.08. The Kier molecular flexibility index (Phi) is 3.16. The molecule has 0 heterocycles. The number of para-hydroxylation sites is 1. The van der Waals surface area contributed by atoms with Crippen LogP contribution in [0.15, 0.2) is 36.4 Å². The third-order valence-corrected chi connectivity index (χ3v) is 2.67. The summed E-state index contributed by atoms with van der Waals surface area (Å²) < 4.78 is 13.6. The third-order valence-electron chi connectivity index (χ3n) is 2.67. The summed E-state index contributed by atoms with van der Waals surface area (Å²) in [4.78, 5) is 0. The van der Waals surface area contributed by atoms with Gasteiger partial charge < -0.3 is 11.1 Å². The molecule has 90 valence electrons. The van der Waals surface area contributed by atoms with Gasteiger partial charge in [0.2, 0.25) is 0 Å². The van der Waals surface area contributed by atoms with Crippen LogP contribution in [0.1, 0.15) is 11.1 Å². The van der Waals surface area contributed by atoms with E-state index in [1.54, 1.807) is 30.3 Å². The maximum Gasteiger partial charge on any atom is 0.148 e. The van der Waals surface area contributed by atoms with Crippen molar-refractivity contribution in [3.05, 3.63) is 53.3 Å². The van der Waals surface area contributed by atoms with E-state index in [-0.39, 0.29) is 5.69 Å². The number of rotatable bonds is 2. The monoisotopic (exact) mass is 241 g/mol. The van der Waals surface area contributed by atoms with E-state index in [0.29, 0.717) is 16.9 Å². The number of nitrogens with two attached hydrogens (primary N) is 1. The highest BCUT2D eigenvalue weighted by atomic mass is 19.1. The van der Waals surface area contributed by atoms with Crippen LogP contribution >= 0.6 is 0 Å². The summed E-state index contributed by atoms with van der Waals surface area (Å²) in [5.41, 5.74) is 8.38. The van der Waals surface area contributed by atoms with Gasteiger partial charge in [-0.1, -0.05) is 12.1 Å².